The number of hydrogen-bond acceptors (Lipinski definition) is 7. The predicted octanol–water partition coefficient (Wildman–Crippen LogP) is 1.38. The zero-order valence-corrected chi connectivity index (χ0v) is 15.2. The first-order chi connectivity index (χ1) is 12.8. The Bertz CT molecular complexity index is 521. The number of esters is 2. The topological polar surface area (TPSA) is 136 Å². The summed E-state index contributed by atoms with van der Waals surface area (Å²) in [5.41, 5.74) is -1.94. The minimum atomic E-state index is -0.972. The SMILES string of the molecule is O=C(COCC1(C(=O)O)CCCC1)OC(=O)COCC1(C(=O)O)CCCC1. The molecule has 2 aliphatic carbocycles. The number of rotatable bonds is 10. The molecule has 0 heterocycles. The highest BCUT2D eigenvalue weighted by atomic mass is 16.6. The van der Waals surface area contributed by atoms with E-state index in [4.69, 9.17) is 9.47 Å². The zero-order chi connectivity index (χ0) is 19.9. The highest BCUT2D eigenvalue weighted by molar-refractivity contribution is 5.86. The average Bonchev–Trinajstić information content (AvgIpc) is 3.25. The van der Waals surface area contributed by atoms with Gasteiger partial charge in [-0.15, -0.1) is 0 Å². The Morgan fingerprint density at radius 2 is 1.00 bits per heavy atom. The maximum atomic E-state index is 11.6. The molecule has 27 heavy (non-hydrogen) atoms. The maximum Gasteiger partial charge on any atom is 0.339 e. The van der Waals surface area contributed by atoms with Crippen molar-refractivity contribution in [2.24, 2.45) is 10.8 Å². The van der Waals surface area contributed by atoms with Crippen molar-refractivity contribution in [2.75, 3.05) is 26.4 Å². The van der Waals surface area contributed by atoms with Crippen molar-refractivity contribution < 1.29 is 43.6 Å². The van der Waals surface area contributed by atoms with Crippen LogP contribution in [0, 0.1) is 10.8 Å². The Balaban J connectivity index is 1.66. The van der Waals surface area contributed by atoms with Crippen LogP contribution in [0.5, 0.6) is 0 Å². The smallest absolute Gasteiger partial charge is 0.339 e. The minimum absolute atomic E-state index is 0.108. The number of hydrogen-bond donors (Lipinski definition) is 2. The van der Waals surface area contributed by atoms with E-state index in [-0.39, 0.29) is 13.2 Å². The van der Waals surface area contributed by atoms with Crippen LogP contribution in [0.1, 0.15) is 51.4 Å². The second-order valence-electron chi connectivity index (χ2n) is 7.42. The van der Waals surface area contributed by atoms with Crippen LogP contribution in [-0.4, -0.2) is 60.5 Å². The summed E-state index contributed by atoms with van der Waals surface area (Å²) in [5, 5.41) is 18.6. The van der Waals surface area contributed by atoms with Gasteiger partial charge in [-0.25, -0.2) is 9.59 Å². The van der Waals surface area contributed by atoms with Crippen molar-refractivity contribution in [3.05, 3.63) is 0 Å². The zero-order valence-electron chi connectivity index (χ0n) is 15.2. The third kappa shape index (κ3) is 5.49. The molecular formula is C18H26O9. The molecule has 2 rings (SSSR count). The number of carboxylic acid groups (broad SMARTS) is 2. The number of carboxylic acids is 2. The molecule has 152 valence electrons. The quantitative estimate of drug-likeness (QED) is 0.421. The predicted molar refractivity (Wildman–Crippen MR) is 89.8 cm³/mol. The van der Waals surface area contributed by atoms with E-state index in [1.807, 2.05) is 0 Å². The van der Waals surface area contributed by atoms with Gasteiger partial charge in [0.15, 0.2) is 0 Å². The molecule has 0 bridgehead atoms. The first kappa shape index (κ1) is 21.3. The lowest BCUT2D eigenvalue weighted by molar-refractivity contribution is -0.170. The van der Waals surface area contributed by atoms with Gasteiger partial charge in [-0.1, -0.05) is 25.7 Å². The average molecular weight is 386 g/mol. The normalized spacial score (nSPS) is 20.3. The Kier molecular flexibility index (Phi) is 7.32. The number of carbonyl (C=O) groups excluding carboxylic acids is 2. The second-order valence-corrected chi connectivity index (χ2v) is 7.42. The van der Waals surface area contributed by atoms with Crippen LogP contribution in [0.4, 0.5) is 0 Å². The summed E-state index contributed by atoms with van der Waals surface area (Å²) in [7, 11) is 0. The van der Waals surface area contributed by atoms with Crippen LogP contribution in [0.3, 0.4) is 0 Å². The van der Waals surface area contributed by atoms with Gasteiger partial charge in [-0.05, 0) is 25.7 Å². The molecule has 0 radical (unpaired) electrons. The van der Waals surface area contributed by atoms with Gasteiger partial charge in [-0.2, -0.15) is 0 Å². The van der Waals surface area contributed by atoms with Crippen LogP contribution in [-0.2, 0) is 33.4 Å². The van der Waals surface area contributed by atoms with Gasteiger partial charge in [0, 0.05) is 0 Å². The third-order valence-corrected chi connectivity index (χ3v) is 5.45. The summed E-state index contributed by atoms with van der Waals surface area (Å²) in [6.07, 6.45) is 5.18. The summed E-state index contributed by atoms with van der Waals surface area (Å²) < 4.78 is 14.8. The lowest BCUT2D eigenvalue weighted by Gasteiger charge is -2.23. The summed E-state index contributed by atoms with van der Waals surface area (Å²) in [5.74, 6) is -3.76. The summed E-state index contributed by atoms with van der Waals surface area (Å²) in [4.78, 5) is 46.0. The van der Waals surface area contributed by atoms with E-state index >= 15 is 0 Å². The third-order valence-electron chi connectivity index (χ3n) is 5.45. The van der Waals surface area contributed by atoms with E-state index < -0.39 is 47.9 Å². The largest absolute Gasteiger partial charge is 0.481 e. The van der Waals surface area contributed by atoms with E-state index in [2.05, 4.69) is 4.74 Å². The summed E-state index contributed by atoms with van der Waals surface area (Å²) in [6.45, 7) is -1.27. The Labute approximate surface area is 157 Å². The van der Waals surface area contributed by atoms with Crippen molar-refractivity contribution >= 4 is 23.9 Å². The highest BCUT2D eigenvalue weighted by Crippen LogP contribution is 2.39. The van der Waals surface area contributed by atoms with Gasteiger partial charge in [0.2, 0.25) is 0 Å². The molecule has 9 heteroatoms. The molecule has 0 atom stereocenters. The fraction of sp³-hybridized carbons (Fsp3) is 0.778. The molecule has 0 aromatic rings. The molecule has 0 unspecified atom stereocenters. The molecule has 0 aromatic heterocycles. The van der Waals surface area contributed by atoms with Gasteiger partial charge in [0.25, 0.3) is 0 Å². The van der Waals surface area contributed by atoms with Gasteiger partial charge < -0.3 is 24.4 Å². The molecule has 0 amide bonds. The molecule has 2 saturated carbocycles. The van der Waals surface area contributed by atoms with Gasteiger partial charge in [0.05, 0.1) is 24.0 Å². The van der Waals surface area contributed by atoms with Crippen LogP contribution < -0.4 is 0 Å². The number of ether oxygens (including phenoxy) is 3. The Morgan fingerprint density at radius 1 is 0.667 bits per heavy atom. The van der Waals surface area contributed by atoms with Gasteiger partial charge >= 0.3 is 23.9 Å². The van der Waals surface area contributed by atoms with E-state index in [0.717, 1.165) is 25.7 Å². The van der Waals surface area contributed by atoms with E-state index in [0.29, 0.717) is 25.7 Å². The second kappa shape index (κ2) is 9.27. The highest BCUT2D eigenvalue weighted by Gasteiger charge is 2.42. The van der Waals surface area contributed by atoms with E-state index in [1.165, 1.54) is 0 Å². The van der Waals surface area contributed by atoms with Gasteiger partial charge in [0.1, 0.15) is 13.2 Å². The number of aliphatic carboxylic acids is 2. The Morgan fingerprint density at radius 3 is 1.30 bits per heavy atom. The van der Waals surface area contributed by atoms with Gasteiger partial charge in [-0.3, -0.25) is 9.59 Å². The van der Waals surface area contributed by atoms with Crippen molar-refractivity contribution in [2.45, 2.75) is 51.4 Å². The van der Waals surface area contributed by atoms with Crippen LogP contribution in [0.25, 0.3) is 0 Å². The Hall–Kier alpha value is -2.00. The molecule has 2 N–H and O–H groups in total. The first-order valence-corrected chi connectivity index (χ1v) is 9.16. The molecule has 0 aliphatic heterocycles. The molecule has 9 nitrogen and oxygen atoms in total. The van der Waals surface area contributed by atoms with Crippen molar-refractivity contribution in [3.8, 4) is 0 Å². The standard InChI is InChI=1S/C18H26O9/c19-13(9-25-11-17(15(21)22)5-1-2-6-17)27-14(20)10-26-12-18(16(23)24)7-3-4-8-18/h1-12H2,(H,21,22)(H,23,24). The molecule has 2 aliphatic rings. The first-order valence-electron chi connectivity index (χ1n) is 9.16. The van der Waals surface area contributed by atoms with Crippen molar-refractivity contribution in [3.63, 3.8) is 0 Å². The van der Waals surface area contributed by atoms with Crippen LogP contribution >= 0.6 is 0 Å². The number of carbonyl (C=O) groups is 4. The summed E-state index contributed by atoms with van der Waals surface area (Å²) in [6, 6.07) is 0. The van der Waals surface area contributed by atoms with Crippen LogP contribution in [0.15, 0.2) is 0 Å². The van der Waals surface area contributed by atoms with E-state index in [1.54, 1.807) is 0 Å². The maximum absolute atomic E-state index is 11.6. The molecule has 2 fully saturated rings. The lowest BCUT2D eigenvalue weighted by Crippen LogP contribution is -2.35. The van der Waals surface area contributed by atoms with Crippen LogP contribution in [0.2, 0.25) is 0 Å². The molecular weight excluding hydrogens is 360 g/mol. The lowest BCUT2D eigenvalue weighted by atomic mass is 9.87. The van der Waals surface area contributed by atoms with Crippen molar-refractivity contribution in [1.82, 2.24) is 0 Å². The molecule has 0 aromatic carbocycles. The molecule has 0 saturated heterocycles. The molecule has 0 spiro atoms. The van der Waals surface area contributed by atoms with Crippen molar-refractivity contribution in [1.29, 1.82) is 0 Å². The minimum Gasteiger partial charge on any atom is -0.481 e. The fourth-order valence-corrected chi connectivity index (χ4v) is 3.79. The summed E-state index contributed by atoms with van der Waals surface area (Å²) >= 11 is 0. The fourth-order valence-electron chi connectivity index (χ4n) is 3.79. The monoisotopic (exact) mass is 386 g/mol. The van der Waals surface area contributed by atoms with E-state index in [9.17, 15) is 29.4 Å².